The highest BCUT2D eigenvalue weighted by atomic mass is 32.1. The molecule has 0 aromatic carbocycles. The number of aryl methyl sites for hydroxylation is 1. The zero-order valence-corrected chi connectivity index (χ0v) is 12.0. The SMILES string of the molecule is CCN(C(=O)c1ccc(C)s1)N(C)c1ccncn1. The van der Waals surface area contributed by atoms with Crippen LogP contribution in [0.1, 0.15) is 21.5 Å². The third-order valence-electron chi connectivity index (χ3n) is 2.75. The van der Waals surface area contributed by atoms with Crippen molar-refractivity contribution in [3.05, 3.63) is 40.5 Å². The molecule has 2 heterocycles. The van der Waals surface area contributed by atoms with E-state index in [4.69, 9.17) is 0 Å². The fourth-order valence-corrected chi connectivity index (χ4v) is 2.58. The molecule has 6 heteroatoms. The monoisotopic (exact) mass is 276 g/mol. The molecule has 1 amide bonds. The minimum atomic E-state index is -0.0123. The van der Waals surface area contributed by atoms with Gasteiger partial charge in [-0.15, -0.1) is 11.3 Å². The molecule has 0 saturated carbocycles. The Balaban J connectivity index is 2.22. The average Bonchev–Trinajstić information content (AvgIpc) is 2.87. The molecule has 0 unspecified atom stereocenters. The van der Waals surface area contributed by atoms with Crippen LogP contribution in [0.4, 0.5) is 5.82 Å². The van der Waals surface area contributed by atoms with Crippen molar-refractivity contribution in [1.29, 1.82) is 0 Å². The van der Waals surface area contributed by atoms with Crippen LogP contribution in [0, 0.1) is 6.92 Å². The van der Waals surface area contributed by atoms with Gasteiger partial charge in [0.15, 0.2) is 0 Å². The summed E-state index contributed by atoms with van der Waals surface area (Å²) in [6, 6.07) is 5.59. The number of thiophene rings is 1. The van der Waals surface area contributed by atoms with Crippen LogP contribution in [-0.2, 0) is 0 Å². The fraction of sp³-hybridized carbons (Fsp3) is 0.308. The first kappa shape index (κ1) is 13.5. The summed E-state index contributed by atoms with van der Waals surface area (Å²) in [6.45, 7) is 4.51. The van der Waals surface area contributed by atoms with Crippen molar-refractivity contribution in [1.82, 2.24) is 15.0 Å². The van der Waals surface area contributed by atoms with Crippen molar-refractivity contribution in [2.24, 2.45) is 0 Å². The van der Waals surface area contributed by atoms with Crippen molar-refractivity contribution in [3.63, 3.8) is 0 Å². The molecule has 0 spiro atoms. The van der Waals surface area contributed by atoms with Crippen molar-refractivity contribution in [2.45, 2.75) is 13.8 Å². The van der Waals surface area contributed by atoms with E-state index in [1.807, 2.05) is 33.0 Å². The average molecular weight is 276 g/mol. The predicted octanol–water partition coefficient (Wildman–Crippen LogP) is 2.36. The Labute approximate surface area is 116 Å². The zero-order chi connectivity index (χ0) is 13.8. The van der Waals surface area contributed by atoms with Crippen molar-refractivity contribution < 1.29 is 4.79 Å². The molecule has 19 heavy (non-hydrogen) atoms. The minimum Gasteiger partial charge on any atom is -0.268 e. The number of hydrogen-bond acceptors (Lipinski definition) is 5. The van der Waals surface area contributed by atoms with Gasteiger partial charge in [-0.05, 0) is 26.0 Å². The highest BCUT2D eigenvalue weighted by Crippen LogP contribution is 2.19. The van der Waals surface area contributed by atoms with Crippen LogP contribution in [0.3, 0.4) is 0 Å². The Morgan fingerprint density at radius 2 is 2.16 bits per heavy atom. The van der Waals surface area contributed by atoms with E-state index in [1.54, 1.807) is 22.3 Å². The minimum absolute atomic E-state index is 0.0123. The summed E-state index contributed by atoms with van der Waals surface area (Å²) < 4.78 is 0. The Morgan fingerprint density at radius 3 is 2.68 bits per heavy atom. The van der Waals surface area contributed by atoms with E-state index >= 15 is 0 Å². The molecular weight excluding hydrogens is 260 g/mol. The van der Waals surface area contributed by atoms with Crippen LogP contribution in [0.5, 0.6) is 0 Å². The van der Waals surface area contributed by atoms with E-state index in [0.29, 0.717) is 12.4 Å². The number of anilines is 1. The number of aromatic nitrogens is 2. The van der Waals surface area contributed by atoms with Crippen LogP contribution in [0.15, 0.2) is 30.7 Å². The molecule has 2 aromatic rings. The first-order valence-electron chi connectivity index (χ1n) is 6.01. The summed E-state index contributed by atoms with van der Waals surface area (Å²) in [4.78, 5) is 22.4. The van der Waals surface area contributed by atoms with Crippen LogP contribution in [-0.4, -0.2) is 34.5 Å². The van der Waals surface area contributed by atoms with Gasteiger partial charge in [0.1, 0.15) is 12.1 Å². The van der Waals surface area contributed by atoms with Gasteiger partial charge in [0.05, 0.1) is 4.88 Å². The van der Waals surface area contributed by atoms with Crippen LogP contribution >= 0.6 is 11.3 Å². The zero-order valence-electron chi connectivity index (χ0n) is 11.2. The van der Waals surface area contributed by atoms with Gasteiger partial charge in [0, 0.05) is 30.7 Å². The molecular formula is C13H16N4OS. The van der Waals surface area contributed by atoms with E-state index < -0.39 is 0 Å². The first-order chi connectivity index (χ1) is 9.13. The van der Waals surface area contributed by atoms with Crippen LogP contribution in [0.25, 0.3) is 0 Å². The van der Waals surface area contributed by atoms with E-state index in [0.717, 1.165) is 9.75 Å². The number of carbonyl (C=O) groups is 1. The van der Waals surface area contributed by atoms with E-state index in [2.05, 4.69) is 9.97 Å². The third-order valence-corrected chi connectivity index (χ3v) is 3.73. The number of nitrogens with zero attached hydrogens (tertiary/aromatic N) is 4. The molecule has 100 valence electrons. The van der Waals surface area contributed by atoms with Gasteiger partial charge in [-0.2, -0.15) is 0 Å². The highest BCUT2D eigenvalue weighted by molar-refractivity contribution is 7.13. The second kappa shape index (κ2) is 5.79. The number of hydrazine groups is 1. The lowest BCUT2D eigenvalue weighted by molar-refractivity contribution is 0.0758. The third kappa shape index (κ3) is 2.90. The topological polar surface area (TPSA) is 49.3 Å². The molecule has 0 N–H and O–H groups in total. The van der Waals surface area contributed by atoms with Crippen LogP contribution in [0.2, 0.25) is 0 Å². The molecule has 0 bridgehead atoms. The van der Waals surface area contributed by atoms with Crippen molar-refractivity contribution in [3.8, 4) is 0 Å². The van der Waals surface area contributed by atoms with E-state index in [-0.39, 0.29) is 5.91 Å². The fourth-order valence-electron chi connectivity index (χ4n) is 1.77. The summed E-state index contributed by atoms with van der Waals surface area (Å²) in [7, 11) is 1.82. The Kier molecular flexibility index (Phi) is 4.11. The summed E-state index contributed by atoms with van der Waals surface area (Å²) in [5.74, 6) is 0.681. The van der Waals surface area contributed by atoms with Crippen molar-refractivity contribution in [2.75, 3.05) is 18.6 Å². The second-order valence-electron chi connectivity index (χ2n) is 4.02. The largest absolute Gasteiger partial charge is 0.282 e. The van der Waals surface area contributed by atoms with Gasteiger partial charge in [-0.25, -0.2) is 15.0 Å². The molecule has 2 aromatic heterocycles. The molecule has 0 aliphatic rings. The molecule has 0 aliphatic carbocycles. The summed E-state index contributed by atoms with van der Waals surface area (Å²) in [5, 5.41) is 3.41. The Bertz CT molecular complexity index is 555. The lowest BCUT2D eigenvalue weighted by atomic mass is 10.4. The summed E-state index contributed by atoms with van der Waals surface area (Å²) in [6.07, 6.45) is 3.13. The van der Waals surface area contributed by atoms with Gasteiger partial charge in [0.25, 0.3) is 5.91 Å². The molecule has 0 atom stereocenters. The maximum atomic E-state index is 12.5. The smallest absolute Gasteiger partial charge is 0.268 e. The summed E-state index contributed by atoms with van der Waals surface area (Å²) in [5.41, 5.74) is 0. The number of hydrogen-bond donors (Lipinski definition) is 0. The van der Waals surface area contributed by atoms with Gasteiger partial charge < -0.3 is 0 Å². The van der Waals surface area contributed by atoms with Gasteiger partial charge >= 0.3 is 0 Å². The molecule has 2 rings (SSSR count). The Hall–Kier alpha value is -1.95. The maximum absolute atomic E-state index is 12.5. The molecule has 5 nitrogen and oxygen atoms in total. The molecule has 0 fully saturated rings. The summed E-state index contributed by atoms with van der Waals surface area (Å²) >= 11 is 1.50. The predicted molar refractivity (Wildman–Crippen MR) is 76.2 cm³/mol. The molecule has 0 radical (unpaired) electrons. The van der Waals surface area contributed by atoms with Gasteiger partial charge in [0.2, 0.25) is 0 Å². The first-order valence-corrected chi connectivity index (χ1v) is 6.83. The molecule has 0 aliphatic heterocycles. The highest BCUT2D eigenvalue weighted by Gasteiger charge is 2.20. The van der Waals surface area contributed by atoms with Gasteiger partial charge in [-0.1, -0.05) is 0 Å². The lowest BCUT2D eigenvalue weighted by Gasteiger charge is -2.31. The number of rotatable bonds is 4. The standard InChI is InChI=1S/C13H16N4OS/c1-4-17(13(18)11-6-5-10(2)19-11)16(3)12-7-8-14-9-15-12/h5-9H,4H2,1-3H3. The normalized spacial score (nSPS) is 10.3. The Morgan fingerprint density at radius 1 is 1.37 bits per heavy atom. The quantitative estimate of drug-likeness (QED) is 0.804. The van der Waals surface area contributed by atoms with Crippen molar-refractivity contribution >= 4 is 23.1 Å². The maximum Gasteiger partial charge on any atom is 0.282 e. The van der Waals surface area contributed by atoms with Crippen LogP contribution < -0.4 is 5.01 Å². The number of amides is 1. The van der Waals surface area contributed by atoms with Gasteiger partial charge in [-0.3, -0.25) is 9.80 Å². The van der Waals surface area contributed by atoms with E-state index in [9.17, 15) is 4.79 Å². The lowest BCUT2D eigenvalue weighted by Crippen LogP contribution is -2.44. The number of carbonyl (C=O) groups excluding carboxylic acids is 1. The second-order valence-corrected chi connectivity index (χ2v) is 5.31. The van der Waals surface area contributed by atoms with E-state index in [1.165, 1.54) is 17.7 Å². The molecule has 0 saturated heterocycles.